The van der Waals surface area contributed by atoms with Crippen LogP contribution in [-0.4, -0.2) is 15.0 Å². The normalized spacial score (nSPS) is 14.4. The molecular weight excluding hydrogens is 615 g/mol. The Bertz CT molecular complexity index is 3200. The van der Waals surface area contributed by atoms with Gasteiger partial charge in [-0.3, -0.25) is 0 Å². The zero-order valence-electron chi connectivity index (χ0n) is 36.6. The lowest BCUT2D eigenvalue weighted by Gasteiger charge is -2.10. The van der Waals surface area contributed by atoms with Crippen molar-refractivity contribution in [1.82, 2.24) is 15.0 Å². The first kappa shape index (κ1) is 19.6. The fourth-order valence-corrected chi connectivity index (χ4v) is 6.56. The van der Waals surface area contributed by atoms with E-state index in [-0.39, 0.29) is 60.4 Å². The summed E-state index contributed by atoms with van der Waals surface area (Å²) in [6.07, 6.45) is 0. The van der Waals surface area contributed by atoms with Crippen molar-refractivity contribution in [2.75, 3.05) is 0 Å². The van der Waals surface area contributed by atoms with Crippen LogP contribution in [0.4, 0.5) is 0 Å². The van der Waals surface area contributed by atoms with Gasteiger partial charge < -0.3 is 0 Å². The van der Waals surface area contributed by atoms with Gasteiger partial charge in [-0.15, -0.1) is 11.3 Å². The number of fused-ring (bicyclic) bond motifs is 3. The quantitative estimate of drug-likeness (QED) is 0.179. The highest BCUT2D eigenvalue weighted by Gasteiger charge is 2.14. The van der Waals surface area contributed by atoms with E-state index in [0.717, 1.165) is 33.6 Å². The van der Waals surface area contributed by atoms with E-state index in [9.17, 15) is 2.74 Å². The van der Waals surface area contributed by atoms with E-state index in [4.69, 9.17) is 22.3 Å². The van der Waals surface area contributed by atoms with Crippen molar-refractivity contribution in [3.05, 3.63) is 176 Å². The highest BCUT2D eigenvalue weighted by molar-refractivity contribution is 7.25. The molecule has 3 nitrogen and oxygen atoms in total. The van der Waals surface area contributed by atoms with Crippen molar-refractivity contribution >= 4 is 31.5 Å². The van der Waals surface area contributed by atoms with Gasteiger partial charge in [-0.25, -0.2) is 15.0 Å². The van der Waals surface area contributed by atoms with Gasteiger partial charge in [-0.2, -0.15) is 0 Å². The molecule has 9 rings (SSSR count). The average Bonchev–Trinajstić information content (AvgIpc) is 3.69. The number of rotatable bonds is 6. The third-order valence-electron chi connectivity index (χ3n) is 8.12. The Balaban J connectivity index is 1.22. The molecule has 0 N–H and O–H groups in total. The van der Waals surface area contributed by atoms with Crippen molar-refractivity contribution in [2.45, 2.75) is 0 Å². The van der Waals surface area contributed by atoms with Crippen molar-refractivity contribution in [1.29, 1.82) is 0 Å². The minimum atomic E-state index is -0.624. The van der Waals surface area contributed by atoms with E-state index in [1.54, 1.807) is 12.1 Å². The maximum atomic E-state index is 9.51. The van der Waals surface area contributed by atoms with Gasteiger partial charge in [0.2, 0.25) is 0 Å². The monoisotopic (exact) mass is 654 g/mol. The average molecular weight is 655 g/mol. The highest BCUT2D eigenvalue weighted by atomic mass is 32.1. The van der Waals surface area contributed by atoms with Crippen molar-refractivity contribution < 1.29 is 15.1 Å². The van der Waals surface area contributed by atoms with Gasteiger partial charge in [0.15, 0.2) is 17.5 Å². The van der Waals surface area contributed by atoms with Crippen LogP contribution in [0.1, 0.15) is 15.1 Å². The van der Waals surface area contributed by atoms with Gasteiger partial charge in [0.1, 0.15) is 0 Å². The summed E-state index contributed by atoms with van der Waals surface area (Å²) in [5.41, 5.74) is 4.40. The Morgan fingerprint density at radius 2 is 0.816 bits per heavy atom. The molecule has 2 aromatic heterocycles. The number of benzene rings is 7. The summed E-state index contributed by atoms with van der Waals surface area (Å²) in [6, 6.07) is 29.5. The lowest BCUT2D eigenvalue weighted by Crippen LogP contribution is -2.00. The molecule has 9 aromatic rings. The molecule has 0 aliphatic rings. The predicted octanol–water partition coefficient (Wildman–Crippen LogP) is 12.2. The van der Waals surface area contributed by atoms with Crippen LogP contribution in [0.25, 0.3) is 87.7 Å². The zero-order valence-corrected chi connectivity index (χ0v) is 26.5. The topological polar surface area (TPSA) is 38.7 Å². The van der Waals surface area contributed by atoms with Gasteiger partial charge in [0.25, 0.3) is 0 Å². The SMILES string of the molecule is [2H]c1c([2H])c(-c2nc(-c3ccccc3)nc(-c3ccc(-c4ccc(-c5ccccc5)cc4)cc3)n2)c([2H])c(-c2c([2H])c([2H])c3sc4c([2H])c([2H])c([2H])c([2H])c4c3c2[2H])c1[2H]. The van der Waals surface area contributed by atoms with Gasteiger partial charge in [-0.05, 0) is 57.6 Å². The summed E-state index contributed by atoms with van der Waals surface area (Å²) in [5, 5.41) is -0.0312. The van der Waals surface area contributed by atoms with E-state index in [2.05, 4.69) is 41.4 Å². The standard InChI is InChI=1S/C45H29N3S/c1-3-10-30(11-4-1)31-18-20-32(21-19-31)33-22-24-35(25-23-33)44-46-43(34-12-5-2-6-13-34)47-45(48-44)38-15-9-14-36(28-38)37-26-27-42-40(29-37)39-16-7-8-17-41(39)49-42/h1-29H/i7D,8D,9D,14D,15D,16D,17D,26D,27D,28D,29D. The van der Waals surface area contributed by atoms with Crippen molar-refractivity contribution in [3.63, 3.8) is 0 Å². The third kappa shape index (κ3) is 5.69. The van der Waals surface area contributed by atoms with Gasteiger partial charge in [0.05, 0.1) is 15.1 Å². The Morgan fingerprint density at radius 3 is 1.47 bits per heavy atom. The second-order valence-corrected chi connectivity index (χ2v) is 12.2. The summed E-state index contributed by atoms with van der Waals surface area (Å²) in [7, 11) is 0. The Labute approximate surface area is 304 Å². The van der Waals surface area contributed by atoms with Crippen LogP contribution in [0.3, 0.4) is 0 Å². The van der Waals surface area contributed by atoms with Crippen LogP contribution in [0.5, 0.6) is 0 Å². The molecule has 230 valence electrons. The summed E-state index contributed by atoms with van der Waals surface area (Å²) >= 11 is 0.870. The fraction of sp³-hybridized carbons (Fsp3) is 0. The minimum Gasteiger partial charge on any atom is -0.208 e. The molecule has 0 fully saturated rings. The van der Waals surface area contributed by atoms with E-state index >= 15 is 0 Å². The molecule has 0 aliphatic heterocycles. The van der Waals surface area contributed by atoms with E-state index in [1.807, 2.05) is 60.7 Å². The van der Waals surface area contributed by atoms with Gasteiger partial charge >= 0.3 is 0 Å². The van der Waals surface area contributed by atoms with Crippen LogP contribution in [0, 0.1) is 0 Å². The van der Waals surface area contributed by atoms with Crippen LogP contribution in [-0.2, 0) is 0 Å². The lowest BCUT2D eigenvalue weighted by molar-refractivity contribution is 1.07. The molecule has 0 amide bonds. The van der Waals surface area contributed by atoms with E-state index < -0.39 is 60.4 Å². The third-order valence-corrected chi connectivity index (χ3v) is 9.14. The summed E-state index contributed by atoms with van der Waals surface area (Å²) in [4.78, 5) is 14.2. The van der Waals surface area contributed by atoms with E-state index in [1.165, 1.54) is 0 Å². The first-order valence-corrected chi connectivity index (χ1v) is 16.3. The number of thiophene rings is 1. The molecule has 0 aliphatic carbocycles. The second kappa shape index (κ2) is 12.4. The number of hydrogen-bond acceptors (Lipinski definition) is 4. The Hall–Kier alpha value is -6.23. The maximum Gasteiger partial charge on any atom is 0.164 e. The molecule has 0 saturated heterocycles. The van der Waals surface area contributed by atoms with Crippen LogP contribution >= 0.6 is 11.3 Å². The molecule has 2 heterocycles. The first-order chi connectivity index (χ1) is 28.8. The molecule has 0 bridgehead atoms. The lowest BCUT2D eigenvalue weighted by atomic mass is 9.99. The minimum absolute atomic E-state index is 0.00734. The molecular formula is C45H29N3S. The smallest absolute Gasteiger partial charge is 0.164 e. The molecule has 49 heavy (non-hydrogen) atoms. The van der Waals surface area contributed by atoms with E-state index in [0.29, 0.717) is 11.1 Å². The fourth-order valence-electron chi connectivity index (χ4n) is 5.64. The van der Waals surface area contributed by atoms with Crippen LogP contribution in [0.15, 0.2) is 176 Å². The largest absolute Gasteiger partial charge is 0.208 e. The van der Waals surface area contributed by atoms with Gasteiger partial charge in [-0.1, -0.05) is 151 Å². The molecule has 0 atom stereocenters. The van der Waals surface area contributed by atoms with Crippen LogP contribution in [0.2, 0.25) is 0 Å². The number of nitrogens with zero attached hydrogens (tertiary/aromatic N) is 3. The zero-order chi connectivity index (χ0) is 42.1. The maximum absolute atomic E-state index is 9.51. The summed E-state index contributed by atoms with van der Waals surface area (Å²) in [5.74, 6) is 0.279. The molecule has 0 spiro atoms. The molecule has 0 radical (unpaired) electrons. The number of aromatic nitrogens is 3. The van der Waals surface area contributed by atoms with Gasteiger partial charge in [0, 0.05) is 36.9 Å². The molecule has 7 aromatic carbocycles. The summed E-state index contributed by atoms with van der Waals surface area (Å²) in [6.45, 7) is 0. The first-order valence-electron chi connectivity index (χ1n) is 21.0. The predicted molar refractivity (Wildman–Crippen MR) is 205 cm³/mol. The van der Waals surface area contributed by atoms with Crippen molar-refractivity contribution in [2.24, 2.45) is 0 Å². The number of hydrogen-bond donors (Lipinski definition) is 0. The molecule has 0 saturated carbocycles. The molecule has 4 heteroatoms. The van der Waals surface area contributed by atoms with Crippen molar-refractivity contribution in [3.8, 4) is 67.5 Å². The summed E-state index contributed by atoms with van der Waals surface area (Å²) < 4.78 is 97.6. The highest BCUT2D eigenvalue weighted by Crippen LogP contribution is 2.37. The van der Waals surface area contributed by atoms with Crippen LogP contribution < -0.4 is 0 Å². The Kier molecular flexibility index (Phi) is 4.96. The second-order valence-electron chi connectivity index (χ2n) is 11.2. The molecule has 0 unspecified atom stereocenters. The Morgan fingerprint density at radius 1 is 0.347 bits per heavy atom.